The van der Waals surface area contributed by atoms with Crippen LogP contribution in [0.3, 0.4) is 0 Å². The lowest BCUT2D eigenvalue weighted by atomic mass is 9.94. The van der Waals surface area contributed by atoms with E-state index < -0.39 is 0 Å². The van der Waals surface area contributed by atoms with E-state index in [4.69, 9.17) is 9.15 Å². The summed E-state index contributed by atoms with van der Waals surface area (Å²) in [6.45, 7) is 8.75. The smallest absolute Gasteiger partial charge is 0.315 e. The molecule has 0 aliphatic carbocycles. The average molecular weight is 330 g/mol. The molecule has 2 unspecified atom stereocenters. The Kier molecular flexibility index (Phi) is 4.54. The number of hydrogen-bond acceptors (Lipinski definition) is 3. The number of carbonyl (C=O) groups excluding carboxylic acids is 1. The van der Waals surface area contributed by atoms with Gasteiger partial charge in [-0.05, 0) is 46.6 Å². The summed E-state index contributed by atoms with van der Waals surface area (Å²) >= 11 is 0. The van der Waals surface area contributed by atoms with Crippen LogP contribution in [0.15, 0.2) is 28.7 Å². The van der Waals surface area contributed by atoms with Crippen molar-refractivity contribution in [1.82, 2.24) is 10.6 Å². The third-order valence-electron chi connectivity index (χ3n) is 4.65. The number of urea groups is 1. The second-order valence-corrected chi connectivity index (χ2v) is 7.22. The van der Waals surface area contributed by atoms with Gasteiger partial charge in [-0.25, -0.2) is 4.79 Å². The van der Waals surface area contributed by atoms with Gasteiger partial charge in [0.15, 0.2) is 0 Å². The highest BCUT2D eigenvalue weighted by Crippen LogP contribution is 2.29. The van der Waals surface area contributed by atoms with Crippen LogP contribution < -0.4 is 10.6 Å². The molecule has 1 aromatic heterocycles. The van der Waals surface area contributed by atoms with Gasteiger partial charge in [0.25, 0.3) is 0 Å². The summed E-state index contributed by atoms with van der Waals surface area (Å²) in [5.74, 6) is 0.804. The molecule has 1 aliphatic heterocycles. The Hall–Kier alpha value is -2.01. The first-order chi connectivity index (χ1) is 11.4. The number of amides is 2. The number of carbonyl (C=O) groups is 1. The normalized spacial score (nSPS) is 21.4. The predicted octanol–water partition coefficient (Wildman–Crippen LogP) is 4.06. The summed E-state index contributed by atoms with van der Waals surface area (Å²) in [4.78, 5) is 12.3. The summed E-state index contributed by atoms with van der Waals surface area (Å²) in [5.41, 5.74) is 1.74. The van der Waals surface area contributed by atoms with Gasteiger partial charge in [-0.3, -0.25) is 0 Å². The first-order valence-electron chi connectivity index (χ1n) is 8.55. The minimum atomic E-state index is -0.190. The van der Waals surface area contributed by atoms with Gasteiger partial charge >= 0.3 is 6.03 Å². The standard InChI is InChI=1S/C19H26N2O3/c1-12-15-7-5-6-8-16(15)24-17(12)13(2)20-18(22)21-14-9-10-23-19(3,4)11-14/h5-8,13-14H,9-11H2,1-4H3,(H2,20,21,22). The molecule has 130 valence electrons. The molecule has 1 fully saturated rings. The van der Waals surface area contributed by atoms with Crippen molar-refractivity contribution >= 4 is 17.0 Å². The molecular formula is C19H26N2O3. The molecular weight excluding hydrogens is 304 g/mol. The topological polar surface area (TPSA) is 63.5 Å². The van der Waals surface area contributed by atoms with Crippen molar-refractivity contribution in [2.24, 2.45) is 0 Å². The summed E-state index contributed by atoms with van der Waals surface area (Å²) in [6.07, 6.45) is 1.66. The largest absolute Gasteiger partial charge is 0.459 e. The molecule has 2 heterocycles. The van der Waals surface area contributed by atoms with Crippen molar-refractivity contribution in [2.45, 2.75) is 58.2 Å². The van der Waals surface area contributed by atoms with Crippen molar-refractivity contribution in [3.05, 3.63) is 35.6 Å². The number of benzene rings is 1. The number of para-hydroxylation sites is 1. The molecule has 0 radical (unpaired) electrons. The average Bonchev–Trinajstić information content (AvgIpc) is 2.84. The third kappa shape index (κ3) is 3.56. The lowest BCUT2D eigenvalue weighted by Gasteiger charge is -2.35. The van der Waals surface area contributed by atoms with Crippen LogP contribution in [0.4, 0.5) is 4.79 Å². The number of hydrogen-bond donors (Lipinski definition) is 2. The quantitative estimate of drug-likeness (QED) is 0.892. The van der Waals surface area contributed by atoms with Crippen LogP contribution in [-0.2, 0) is 4.74 Å². The Morgan fingerprint density at radius 3 is 2.79 bits per heavy atom. The van der Waals surface area contributed by atoms with E-state index in [1.165, 1.54) is 0 Å². The zero-order valence-electron chi connectivity index (χ0n) is 14.8. The third-order valence-corrected chi connectivity index (χ3v) is 4.65. The molecule has 2 N–H and O–H groups in total. The molecule has 0 spiro atoms. The van der Waals surface area contributed by atoms with Gasteiger partial charge in [0.05, 0.1) is 11.6 Å². The molecule has 1 aliphatic rings. The zero-order chi connectivity index (χ0) is 17.3. The number of aryl methyl sites for hydroxylation is 1. The van der Waals surface area contributed by atoms with E-state index >= 15 is 0 Å². The van der Waals surface area contributed by atoms with Crippen LogP contribution >= 0.6 is 0 Å². The molecule has 0 bridgehead atoms. The van der Waals surface area contributed by atoms with Gasteiger partial charge in [0.2, 0.25) is 0 Å². The Balaban J connectivity index is 1.64. The maximum atomic E-state index is 12.3. The highest BCUT2D eigenvalue weighted by atomic mass is 16.5. The number of rotatable bonds is 3. The second-order valence-electron chi connectivity index (χ2n) is 7.22. The molecule has 2 aromatic rings. The molecule has 1 saturated heterocycles. The molecule has 0 saturated carbocycles. The van der Waals surface area contributed by atoms with E-state index in [1.54, 1.807) is 0 Å². The fourth-order valence-corrected chi connectivity index (χ4v) is 3.45. The number of nitrogens with one attached hydrogen (secondary N) is 2. The summed E-state index contributed by atoms with van der Waals surface area (Å²) in [6, 6.07) is 7.71. The Morgan fingerprint density at radius 1 is 1.33 bits per heavy atom. The lowest BCUT2D eigenvalue weighted by Crippen LogP contribution is -2.49. The van der Waals surface area contributed by atoms with Gasteiger partial charge < -0.3 is 19.8 Å². The second kappa shape index (κ2) is 6.48. The van der Waals surface area contributed by atoms with Crippen molar-refractivity contribution in [3.63, 3.8) is 0 Å². The van der Waals surface area contributed by atoms with Crippen LogP contribution in [-0.4, -0.2) is 24.3 Å². The van der Waals surface area contributed by atoms with Gasteiger partial charge in [-0.2, -0.15) is 0 Å². The van der Waals surface area contributed by atoms with E-state index in [9.17, 15) is 4.79 Å². The van der Waals surface area contributed by atoms with Crippen LogP contribution in [0.2, 0.25) is 0 Å². The van der Waals surface area contributed by atoms with Crippen LogP contribution in [0.1, 0.15) is 51.0 Å². The maximum Gasteiger partial charge on any atom is 0.315 e. The fourth-order valence-electron chi connectivity index (χ4n) is 3.45. The molecule has 24 heavy (non-hydrogen) atoms. The highest BCUT2D eigenvalue weighted by Gasteiger charge is 2.30. The number of ether oxygens (including phenoxy) is 1. The Bertz CT molecular complexity index is 735. The Morgan fingerprint density at radius 2 is 2.08 bits per heavy atom. The van der Waals surface area contributed by atoms with E-state index in [0.717, 1.165) is 35.1 Å². The van der Waals surface area contributed by atoms with E-state index in [-0.39, 0.29) is 23.7 Å². The van der Waals surface area contributed by atoms with Crippen LogP contribution in [0, 0.1) is 6.92 Å². The minimum Gasteiger partial charge on any atom is -0.459 e. The monoisotopic (exact) mass is 330 g/mol. The number of furan rings is 1. The van der Waals surface area contributed by atoms with Crippen molar-refractivity contribution in [2.75, 3.05) is 6.61 Å². The molecule has 2 amide bonds. The van der Waals surface area contributed by atoms with Crippen molar-refractivity contribution in [1.29, 1.82) is 0 Å². The van der Waals surface area contributed by atoms with E-state index in [1.807, 2.05) is 38.1 Å². The molecule has 3 rings (SSSR count). The van der Waals surface area contributed by atoms with E-state index in [0.29, 0.717) is 6.61 Å². The van der Waals surface area contributed by atoms with Gasteiger partial charge in [-0.1, -0.05) is 18.2 Å². The first kappa shape index (κ1) is 16.8. The fraction of sp³-hybridized carbons (Fsp3) is 0.526. The van der Waals surface area contributed by atoms with Gasteiger partial charge in [0.1, 0.15) is 11.3 Å². The summed E-state index contributed by atoms with van der Waals surface area (Å²) < 4.78 is 11.6. The predicted molar refractivity (Wildman–Crippen MR) is 94.1 cm³/mol. The lowest BCUT2D eigenvalue weighted by molar-refractivity contribution is -0.0611. The van der Waals surface area contributed by atoms with Crippen LogP contribution in [0.5, 0.6) is 0 Å². The minimum absolute atomic E-state index is 0.137. The number of fused-ring (bicyclic) bond motifs is 1. The zero-order valence-corrected chi connectivity index (χ0v) is 14.8. The van der Waals surface area contributed by atoms with Gasteiger partial charge in [0, 0.05) is 23.6 Å². The summed E-state index contributed by atoms with van der Waals surface area (Å²) in [5, 5.41) is 7.14. The molecule has 2 atom stereocenters. The molecule has 1 aromatic carbocycles. The van der Waals surface area contributed by atoms with Crippen molar-refractivity contribution < 1.29 is 13.9 Å². The van der Waals surface area contributed by atoms with Crippen molar-refractivity contribution in [3.8, 4) is 0 Å². The van der Waals surface area contributed by atoms with Crippen LogP contribution in [0.25, 0.3) is 11.0 Å². The van der Waals surface area contributed by atoms with E-state index in [2.05, 4.69) is 24.5 Å². The SMILES string of the molecule is Cc1c(C(C)NC(=O)NC2CCOC(C)(C)C2)oc2ccccc12. The first-order valence-corrected chi connectivity index (χ1v) is 8.55. The molecule has 5 heteroatoms. The highest BCUT2D eigenvalue weighted by molar-refractivity contribution is 5.82. The maximum absolute atomic E-state index is 12.3. The Labute approximate surface area is 142 Å². The molecule has 5 nitrogen and oxygen atoms in total. The summed E-state index contributed by atoms with van der Waals surface area (Å²) in [7, 11) is 0. The van der Waals surface area contributed by atoms with Gasteiger partial charge in [-0.15, -0.1) is 0 Å².